The molecule has 0 bridgehead atoms. The summed E-state index contributed by atoms with van der Waals surface area (Å²) in [6, 6.07) is 7.90. The monoisotopic (exact) mass is 244 g/mol. The third kappa shape index (κ3) is 2.19. The van der Waals surface area contributed by atoms with Crippen molar-refractivity contribution in [3.8, 4) is 0 Å². The minimum absolute atomic E-state index is 0.687. The van der Waals surface area contributed by atoms with E-state index in [9.17, 15) is 0 Å². The number of fused-ring (bicyclic) bond motifs is 1. The second-order valence-corrected chi connectivity index (χ2v) is 5.95. The van der Waals surface area contributed by atoms with E-state index in [0.717, 1.165) is 19.0 Å². The van der Waals surface area contributed by atoms with E-state index in [1.54, 1.807) is 16.7 Å². The van der Waals surface area contributed by atoms with E-state index in [0.29, 0.717) is 6.04 Å². The highest BCUT2D eigenvalue weighted by molar-refractivity contribution is 5.37. The van der Waals surface area contributed by atoms with Gasteiger partial charge in [-0.3, -0.25) is 4.90 Å². The first-order chi connectivity index (χ1) is 8.78. The third-order valence-corrected chi connectivity index (χ3v) is 4.71. The number of rotatable bonds is 3. The summed E-state index contributed by atoms with van der Waals surface area (Å²) in [5.41, 5.74) is 10.4. The quantitative estimate of drug-likeness (QED) is 0.884. The Morgan fingerprint density at radius 3 is 2.94 bits per heavy atom. The zero-order valence-electron chi connectivity index (χ0n) is 11.4. The van der Waals surface area contributed by atoms with Gasteiger partial charge < -0.3 is 5.73 Å². The van der Waals surface area contributed by atoms with Crippen molar-refractivity contribution in [2.75, 3.05) is 19.6 Å². The van der Waals surface area contributed by atoms with Crippen LogP contribution in [0.4, 0.5) is 0 Å². The second kappa shape index (κ2) is 5.02. The molecule has 1 aromatic carbocycles. The van der Waals surface area contributed by atoms with Gasteiger partial charge >= 0.3 is 0 Å². The molecule has 1 heterocycles. The average Bonchev–Trinajstić information content (AvgIpc) is 2.96. The summed E-state index contributed by atoms with van der Waals surface area (Å²) in [4.78, 5) is 2.54. The first kappa shape index (κ1) is 12.2. The van der Waals surface area contributed by atoms with Gasteiger partial charge in [0.1, 0.15) is 0 Å². The van der Waals surface area contributed by atoms with Crippen molar-refractivity contribution in [2.45, 2.75) is 44.6 Å². The number of nitrogens with two attached hydrogens (primary N) is 1. The largest absolute Gasteiger partial charge is 0.329 e. The lowest BCUT2D eigenvalue weighted by atomic mass is 9.94. The van der Waals surface area contributed by atoms with Gasteiger partial charge in [0, 0.05) is 25.7 Å². The number of likely N-dealkylation sites (tertiary alicyclic amines) is 1. The third-order valence-electron chi connectivity index (χ3n) is 4.71. The molecular formula is C16H24N2. The highest BCUT2D eigenvalue weighted by Crippen LogP contribution is 2.33. The molecule has 1 aromatic rings. The first-order valence-corrected chi connectivity index (χ1v) is 7.33. The van der Waals surface area contributed by atoms with Gasteiger partial charge in [0.25, 0.3) is 0 Å². The Morgan fingerprint density at radius 2 is 2.11 bits per heavy atom. The maximum atomic E-state index is 5.69. The molecule has 1 saturated heterocycles. The fraction of sp³-hybridized carbons (Fsp3) is 0.625. The Bertz CT molecular complexity index is 427. The molecule has 1 aliphatic carbocycles. The van der Waals surface area contributed by atoms with E-state index in [2.05, 4.69) is 30.0 Å². The number of hydrogen-bond donors (Lipinski definition) is 1. The summed E-state index contributed by atoms with van der Waals surface area (Å²) in [5.74, 6) is 0.720. The van der Waals surface area contributed by atoms with Gasteiger partial charge in [-0.25, -0.2) is 0 Å². The Balaban J connectivity index is 1.76. The van der Waals surface area contributed by atoms with Crippen LogP contribution in [0, 0.1) is 0 Å². The Kier molecular flexibility index (Phi) is 3.40. The van der Waals surface area contributed by atoms with Crippen molar-refractivity contribution < 1.29 is 0 Å². The molecule has 0 aromatic heterocycles. The van der Waals surface area contributed by atoms with Crippen molar-refractivity contribution in [2.24, 2.45) is 5.73 Å². The molecule has 2 nitrogen and oxygen atoms in total. The van der Waals surface area contributed by atoms with Crippen LogP contribution >= 0.6 is 0 Å². The second-order valence-electron chi connectivity index (χ2n) is 5.95. The van der Waals surface area contributed by atoms with Gasteiger partial charge in [-0.15, -0.1) is 0 Å². The van der Waals surface area contributed by atoms with Gasteiger partial charge in [-0.2, -0.15) is 0 Å². The van der Waals surface area contributed by atoms with Crippen molar-refractivity contribution in [1.29, 1.82) is 0 Å². The minimum atomic E-state index is 0.687. The van der Waals surface area contributed by atoms with Crippen LogP contribution in [-0.4, -0.2) is 30.6 Å². The predicted octanol–water partition coefficient (Wildman–Crippen LogP) is 2.31. The number of hydrogen-bond acceptors (Lipinski definition) is 2. The Hall–Kier alpha value is -0.860. The Labute approximate surface area is 110 Å². The predicted molar refractivity (Wildman–Crippen MR) is 75.9 cm³/mol. The van der Waals surface area contributed by atoms with Crippen LogP contribution < -0.4 is 5.73 Å². The SMILES string of the molecule is CC1CC(c2ccc3c(c2)CCC3)CN1CCN. The fourth-order valence-corrected chi connectivity index (χ4v) is 3.66. The van der Waals surface area contributed by atoms with Crippen LogP contribution in [0.5, 0.6) is 0 Å². The van der Waals surface area contributed by atoms with Crippen LogP contribution in [0.1, 0.15) is 42.4 Å². The lowest BCUT2D eigenvalue weighted by molar-refractivity contribution is 0.275. The molecule has 0 radical (unpaired) electrons. The molecule has 2 aliphatic rings. The molecular weight excluding hydrogens is 220 g/mol. The normalized spacial score (nSPS) is 27.7. The fourth-order valence-electron chi connectivity index (χ4n) is 3.66. The summed E-state index contributed by atoms with van der Waals surface area (Å²) in [7, 11) is 0. The van der Waals surface area contributed by atoms with Crippen LogP contribution in [0.2, 0.25) is 0 Å². The zero-order valence-corrected chi connectivity index (χ0v) is 11.4. The van der Waals surface area contributed by atoms with Gasteiger partial charge in [0.05, 0.1) is 0 Å². The molecule has 2 atom stereocenters. The topological polar surface area (TPSA) is 29.3 Å². The Morgan fingerprint density at radius 1 is 1.28 bits per heavy atom. The summed E-state index contributed by atoms with van der Waals surface area (Å²) in [6.45, 7) is 5.35. The van der Waals surface area contributed by atoms with Crippen LogP contribution in [0.15, 0.2) is 18.2 Å². The van der Waals surface area contributed by atoms with Crippen LogP contribution in [0.3, 0.4) is 0 Å². The standard InChI is InChI=1S/C16H24N2/c1-12-9-16(11-18(12)8-7-17)15-6-5-13-3-2-4-14(13)10-15/h5-6,10,12,16H,2-4,7-9,11,17H2,1H3. The molecule has 2 N–H and O–H groups in total. The molecule has 3 rings (SSSR count). The molecule has 1 fully saturated rings. The van der Waals surface area contributed by atoms with Gasteiger partial charge in [-0.1, -0.05) is 18.2 Å². The smallest absolute Gasteiger partial charge is 0.0108 e. The molecule has 98 valence electrons. The summed E-state index contributed by atoms with van der Waals surface area (Å²) in [6.07, 6.45) is 5.21. The van der Waals surface area contributed by atoms with Crippen molar-refractivity contribution >= 4 is 0 Å². The summed E-state index contributed by atoms with van der Waals surface area (Å²) in [5, 5.41) is 0. The zero-order chi connectivity index (χ0) is 12.5. The first-order valence-electron chi connectivity index (χ1n) is 7.33. The maximum absolute atomic E-state index is 5.69. The average molecular weight is 244 g/mol. The molecule has 2 heteroatoms. The molecule has 0 spiro atoms. The maximum Gasteiger partial charge on any atom is 0.0108 e. The van der Waals surface area contributed by atoms with E-state index in [1.807, 2.05) is 0 Å². The number of aryl methyl sites for hydroxylation is 2. The highest BCUT2D eigenvalue weighted by atomic mass is 15.2. The van der Waals surface area contributed by atoms with Crippen LogP contribution in [-0.2, 0) is 12.8 Å². The van der Waals surface area contributed by atoms with Crippen molar-refractivity contribution in [3.05, 3.63) is 34.9 Å². The minimum Gasteiger partial charge on any atom is -0.329 e. The van der Waals surface area contributed by atoms with Gasteiger partial charge in [0.15, 0.2) is 0 Å². The molecule has 0 saturated carbocycles. The van der Waals surface area contributed by atoms with Crippen molar-refractivity contribution in [3.63, 3.8) is 0 Å². The molecule has 0 amide bonds. The lowest BCUT2D eigenvalue weighted by Crippen LogP contribution is -2.32. The van der Waals surface area contributed by atoms with Gasteiger partial charge in [-0.05, 0) is 55.2 Å². The molecule has 18 heavy (non-hydrogen) atoms. The summed E-state index contributed by atoms with van der Waals surface area (Å²) >= 11 is 0. The molecule has 2 unspecified atom stereocenters. The lowest BCUT2D eigenvalue weighted by Gasteiger charge is -2.19. The number of nitrogens with zero attached hydrogens (tertiary/aromatic N) is 1. The van der Waals surface area contributed by atoms with E-state index in [-0.39, 0.29) is 0 Å². The van der Waals surface area contributed by atoms with Crippen molar-refractivity contribution in [1.82, 2.24) is 4.90 Å². The van der Waals surface area contributed by atoms with Crippen LogP contribution in [0.25, 0.3) is 0 Å². The van der Waals surface area contributed by atoms with E-state index in [1.165, 1.54) is 32.2 Å². The molecule has 1 aliphatic heterocycles. The van der Waals surface area contributed by atoms with Gasteiger partial charge in [0.2, 0.25) is 0 Å². The van der Waals surface area contributed by atoms with E-state index < -0.39 is 0 Å². The highest BCUT2D eigenvalue weighted by Gasteiger charge is 2.29. The van der Waals surface area contributed by atoms with E-state index in [4.69, 9.17) is 5.73 Å². The number of benzene rings is 1. The summed E-state index contributed by atoms with van der Waals surface area (Å²) < 4.78 is 0. The van der Waals surface area contributed by atoms with E-state index >= 15 is 0 Å².